The number of ether oxygens (including phenoxy) is 1. The van der Waals surface area contributed by atoms with Crippen LogP contribution in [0.4, 0.5) is 4.39 Å². The van der Waals surface area contributed by atoms with Crippen LogP contribution in [0.1, 0.15) is 16.7 Å². The molecule has 1 aliphatic rings. The molecule has 28 heavy (non-hydrogen) atoms. The van der Waals surface area contributed by atoms with E-state index in [2.05, 4.69) is 27.4 Å². The number of rotatable bonds is 5. The highest BCUT2D eigenvalue weighted by Gasteiger charge is 2.21. The average Bonchev–Trinajstić information content (AvgIpc) is 3.33. The van der Waals surface area contributed by atoms with Crippen molar-refractivity contribution in [3.05, 3.63) is 89.5 Å². The molecule has 0 saturated heterocycles. The predicted molar refractivity (Wildman–Crippen MR) is 107 cm³/mol. The number of aromatic nitrogens is 2. The number of hydrogen-bond acceptors (Lipinski definition) is 3. The first-order valence-electron chi connectivity index (χ1n) is 9.43. The summed E-state index contributed by atoms with van der Waals surface area (Å²) in [6.07, 6.45) is 3.51. The van der Waals surface area contributed by atoms with Crippen LogP contribution in [0.5, 0.6) is 11.5 Å². The lowest BCUT2D eigenvalue weighted by Gasteiger charge is -2.12. The zero-order chi connectivity index (χ0) is 18.9. The molecule has 0 radical (unpaired) electrons. The monoisotopic (exact) mass is 373 g/mol. The van der Waals surface area contributed by atoms with E-state index in [4.69, 9.17) is 4.74 Å². The number of H-pyrrole nitrogens is 1. The Hall–Kier alpha value is -3.18. The second kappa shape index (κ2) is 7.09. The van der Waals surface area contributed by atoms with Gasteiger partial charge in [0.05, 0.1) is 17.4 Å². The number of halogens is 1. The Morgan fingerprint density at radius 3 is 2.68 bits per heavy atom. The van der Waals surface area contributed by atoms with Crippen molar-refractivity contribution < 1.29 is 9.13 Å². The lowest BCUT2D eigenvalue weighted by molar-refractivity contribution is 0.482. The van der Waals surface area contributed by atoms with Gasteiger partial charge in [0.15, 0.2) is 0 Å². The van der Waals surface area contributed by atoms with Crippen molar-refractivity contribution in [1.82, 2.24) is 15.3 Å². The van der Waals surface area contributed by atoms with Crippen LogP contribution in [0.3, 0.4) is 0 Å². The van der Waals surface area contributed by atoms with Crippen molar-refractivity contribution in [2.75, 3.05) is 0 Å². The molecule has 4 aromatic rings. The number of benzene rings is 3. The van der Waals surface area contributed by atoms with E-state index in [1.807, 2.05) is 36.4 Å². The van der Waals surface area contributed by atoms with Crippen molar-refractivity contribution >= 4 is 11.0 Å². The Bertz CT molecular complexity index is 1120. The maximum absolute atomic E-state index is 13.4. The number of nitrogens with zero attached hydrogens (tertiary/aromatic N) is 1. The summed E-state index contributed by atoms with van der Waals surface area (Å²) in [5.41, 5.74) is 5.44. The molecule has 1 aromatic heterocycles. The molecule has 0 bridgehead atoms. The van der Waals surface area contributed by atoms with Crippen LogP contribution in [0.2, 0.25) is 0 Å². The highest BCUT2D eigenvalue weighted by Crippen LogP contribution is 2.25. The van der Waals surface area contributed by atoms with E-state index in [9.17, 15) is 4.39 Å². The van der Waals surface area contributed by atoms with Gasteiger partial charge in [-0.3, -0.25) is 0 Å². The van der Waals surface area contributed by atoms with E-state index in [1.54, 1.807) is 18.5 Å². The largest absolute Gasteiger partial charge is 0.457 e. The van der Waals surface area contributed by atoms with Gasteiger partial charge in [-0.2, -0.15) is 0 Å². The zero-order valence-corrected chi connectivity index (χ0v) is 15.3. The molecule has 0 spiro atoms. The molecule has 2 N–H and O–H groups in total. The topological polar surface area (TPSA) is 49.9 Å². The fourth-order valence-corrected chi connectivity index (χ4v) is 3.78. The molecule has 0 saturated carbocycles. The summed E-state index contributed by atoms with van der Waals surface area (Å²) in [5, 5.41) is 3.58. The van der Waals surface area contributed by atoms with Gasteiger partial charge in [-0.05, 0) is 65.9 Å². The minimum absolute atomic E-state index is 0.151. The van der Waals surface area contributed by atoms with Crippen LogP contribution < -0.4 is 10.1 Å². The Morgan fingerprint density at radius 2 is 1.79 bits per heavy atom. The van der Waals surface area contributed by atoms with Crippen LogP contribution in [0.15, 0.2) is 67.0 Å². The first-order valence-corrected chi connectivity index (χ1v) is 9.43. The minimum Gasteiger partial charge on any atom is -0.457 e. The lowest BCUT2D eigenvalue weighted by atomic mass is 10.1. The van der Waals surface area contributed by atoms with E-state index in [0.717, 1.165) is 47.5 Å². The van der Waals surface area contributed by atoms with Gasteiger partial charge in [0, 0.05) is 18.7 Å². The van der Waals surface area contributed by atoms with Crippen molar-refractivity contribution in [1.29, 1.82) is 0 Å². The number of hydrogen-bond donors (Lipinski definition) is 2. The van der Waals surface area contributed by atoms with E-state index < -0.39 is 0 Å². The molecule has 1 aliphatic carbocycles. The molecular formula is C23H20FN3O. The van der Waals surface area contributed by atoms with Crippen LogP contribution in [0.25, 0.3) is 11.0 Å². The van der Waals surface area contributed by atoms with Gasteiger partial charge in [0.25, 0.3) is 0 Å². The molecule has 4 nitrogen and oxygen atoms in total. The third-order valence-corrected chi connectivity index (χ3v) is 5.25. The second-order valence-corrected chi connectivity index (χ2v) is 7.23. The van der Waals surface area contributed by atoms with Crippen LogP contribution in [-0.4, -0.2) is 16.0 Å². The molecule has 5 heteroatoms. The van der Waals surface area contributed by atoms with Gasteiger partial charge >= 0.3 is 0 Å². The molecule has 1 heterocycles. The Labute approximate surface area is 162 Å². The molecule has 0 unspecified atom stereocenters. The SMILES string of the molecule is Fc1ccc2c(c1)C[C@@H](NCc1ccc(Oc3ccc4nc[nH]c4c3)cc1)C2. The van der Waals surface area contributed by atoms with E-state index in [-0.39, 0.29) is 5.82 Å². The highest BCUT2D eigenvalue weighted by atomic mass is 19.1. The van der Waals surface area contributed by atoms with Crippen LogP contribution >= 0.6 is 0 Å². The first-order chi connectivity index (χ1) is 13.7. The highest BCUT2D eigenvalue weighted by molar-refractivity contribution is 5.76. The normalized spacial score (nSPS) is 15.7. The smallest absolute Gasteiger partial charge is 0.129 e. The molecule has 0 amide bonds. The predicted octanol–water partition coefficient (Wildman–Crippen LogP) is 4.75. The Kier molecular flexibility index (Phi) is 4.29. The second-order valence-electron chi connectivity index (χ2n) is 7.23. The van der Waals surface area contributed by atoms with E-state index in [1.165, 1.54) is 11.1 Å². The summed E-state index contributed by atoms with van der Waals surface area (Å²) in [4.78, 5) is 7.30. The van der Waals surface area contributed by atoms with Crippen molar-refractivity contribution in [3.63, 3.8) is 0 Å². The summed E-state index contributed by atoms with van der Waals surface area (Å²) in [6.45, 7) is 0.779. The summed E-state index contributed by atoms with van der Waals surface area (Å²) >= 11 is 0. The molecule has 5 rings (SSSR count). The molecule has 3 aromatic carbocycles. The van der Waals surface area contributed by atoms with Gasteiger partial charge < -0.3 is 15.0 Å². The van der Waals surface area contributed by atoms with Crippen LogP contribution in [0, 0.1) is 5.82 Å². The zero-order valence-electron chi connectivity index (χ0n) is 15.3. The molecule has 1 atom stereocenters. The third-order valence-electron chi connectivity index (χ3n) is 5.25. The van der Waals surface area contributed by atoms with Gasteiger partial charge in [0.1, 0.15) is 17.3 Å². The standard InChI is InChI=1S/C23H20FN3O/c24-18-4-3-16-10-19(11-17(16)9-18)25-13-15-1-5-20(6-2-15)28-21-7-8-22-23(12-21)27-14-26-22/h1-9,12,14,19,25H,10-11,13H2,(H,26,27)/t19-/m0/s1. The summed E-state index contributed by atoms with van der Waals surface area (Å²) in [7, 11) is 0. The number of aromatic amines is 1. The summed E-state index contributed by atoms with van der Waals surface area (Å²) in [5.74, 6) is 1.42. The van der Waals surface area contributed by atoms with Crippen molar-refractivity contribution in [3.8, 4) is 11.5 Å². The maximum Gasteiger partial charge on any atom is 0.129 e. The van der Waals surface area contributed by atoms with E-state index in [0.29, 0.717) is 6.04 Å². The number of nitrogens with one attached hydrogen (secondary N) is 2. The Balaban J connectivity index is 1.19. The van der Waals surface area contributed by atoms with Gasteiger partial charge in [-0.1, -0.05) is 18.2 Å². The average molecular weight is 373 g/mol. The molecular weight excluding hydrogens is 353 g/mol. The summed E-state index contributed by atoms with van der Waals surface area (Å²) in [6, 6.07) is 19.3. The minimum atomic E-state index is -0.151. The quantitative estimate of drug-likeness (QED) is 0.531. The number of fused-ring (bicyclic) bond motifs is 2. The summed E-state index contributed by atoms with van der Waals surface area (Å²) < 4.78 is 19.3. The van der Waals surface area contributed by atoms with Gasteiger partial charge in [-0.15, -0.1) is 0 Å². The van der Waals surface area contributed by atoms with Gasteiger partial charge in [0.2, 0.25) is 0 Å². The molecule has 140 valence electrons. The fourth-order valence-electron chi connectivity index (χ4n) is 3.78. The maximum atomic E-state index is 13.4. The number of imidazole rings is 1. The molecule has 0 aliphatic heterocycles. The van der Waals surface area contributed by atoms with Crippen molar-refractivity contribution in [2.45, 2.75) is 25.4 Å². The van der Waals surface area contributed by atoms with Gasteiger partial charge in [-0.25, -0.2) is 9.37 Å². The first kappa shape index (κ1) is 17.0. The Morgan fingerprint density at radius 1 is 0.964 bits per heavy atom. The van der Waals surface area contributed by atoms with Crippen LogP contribution in [-0.2, 0) is 19.4 Å². The van der Waals surface area contributed by atoms with E-state index >= 15 is 0 Å². The lowest BCUT2D eigenvalue weighted by Crippen LogP contribution is -2.28. The fraction of sp³-hybridized carbons (Fsp3) is 0.174. The third kappa shape index (κ3) is 3.49. The molecule has 0 fully saturated rings. The van der Waals surface area contributed by atoms with Crippen molar-refractivity contribution in [2.24, 2.45) is 0 Å².